The van der Waals surface area contributed by atoms with Crippen LogP contribution in [0.15, 0.2) is 48.5 Å². The van der Waals surface area contributed by atoms with E-state index in [-0.39, 0.29) is 11.7 Å². The van der Waals surface area contributed by atoms with Gasteiger partial charge in [0, 0.05) is 11.4 Å². The molecule has 6 heteroatoms. The number of hydrogen-bond acceptors (Lipinski definition) is 3. The van der Waals surface area contributed by atoms with Gasteiger partial charge in [0.15, 0.2) is 0 Å². The van der Waals surface area contributed by atoms with Crippen molar-refractivity contribution in [2.24, 2.45) is 5.92 Å². The molecule has 0 radical (unpaired) electrons. The van der Waals surface area contributed by atoms with Gasteiger partial charge in [-0.05, 0) is 37.1 Å². The van der Waals surface area contributed by atoms with E-state index in [0.717, 1.165) is 23.2 Å². The highest BCUT2D eigenvalue weighted by molar-refractivity contribution is 7.92. The van der Waals surface area contributed by atoms with Crippen LogP contribution in [-0.2, 0) is 21.2 Å². The Bertz CT molecular complexity index is 830. The lowest BCUT2D eigenvalue weighted by Crippen LogP contribution is -2.30. The number of anilines is 2. The van der Waals surface area contributed by atoms with Crippen molar-refractivity contribution in [2.75, 3.05) is 15.8 Å². The minimum atomic E-state index is -3.61. The molecule has 1 atom stereocenters. The van der Waals surface area contributed by atoms with Crippen LogP contribution in [0.4, 0.5) is 11.4 Å². The second-order valence-electron chi connectivity index (χ2n) is 6.15. The molecular formula is C19H24N2O3S. The predicted octanol–water partition coefficient (Wildman–Crippen LogP) is 3.57. The third kappa shape index (κ3) is 5.60. The van der Waals surface area contributed by atoms with Crippen molar-refractivity contribution < 1.29 is 13.2 Å². The van der Waals surface area contributed by atoms with E-state index < -0.39 is 15.9 Å². The van der Waals surface area contributed by atoms with Gasteiger partial charge in [0.1, 0.15) is 0 Å². The Hall–Kier alpha value is -2.34. The van der Waals surface area contributed by atoms with Crippen LogP contribution in [0.2, 0.25) is 0 Å². The summed E-state index contributed by atoms with van der Waals surface area (Å²) in [7, 11) is -3.61. The van der Waals surface area contributed by atoms with E-state index in [9.17, 15) is 13.2 Å². The Morgan fingerprint density at radius 3 is 2.36 bits per heavy atom. The molecule has 1 amide bonds. The molecule has 0 fully saturated rings. The summed E-state index contributed by atoms with van der Waals surface area (Å²) in [5, 5.41) is 2.82. The summed E-state index contributed by atoms with van der Waals surface area (Å²) in [5.74, 6) is -1.26. The van der Waals surface area contributed by atoms with Gasteiger partial charge in [0.2, 0.25) is 15.9 Å². The third-order valence-electron chi connectivity index (χ3n) is 3.90. The highest BCUT2D eigenvalue weighted by atomic mass is 32.2. The van der Waals surface area contributed by atoms with Crippen LogP contribution in [0.5, 0.6) is 0 Å². The predicted molar refractivity (Wildman–Crippen MR) is 102 cm³/mol. The maximum atomic E-state index is 12.4. The van der Waals surface area contributed by atoms with Crippen molar-refractivity contribution in [1.29, 1.82) is 0 Å². The quantitative estimate of drug-likeness (QED) is 0.792. The third-order valence-corrected chi connectivity index (χ3v) is 5.38. The number of hydrogen-bond donors (Lipinski definition) is 2. The van der Waals surface area contributed by atoms with Gasteiger partial charge in [0.05, 0.1) is 11.7 Å². The summed E-state index contributed by atoms with van der Waals surface area (Å²) in [5.41, 5.74) is 3.29. The molecular weight excluding hydrogens is 336 g/mol. The van der Waals surface area contributed by atoms with Crippen molar-refractivity contribution in [3.05, 3.63) is 59.7 Å². The van der Waals surface area contributed by atoms with E-state index in [4.69, 9.17) is 0 Å². The molecule has 0 aliphatic heterocycles. The minimum Gasteiger partial charge on any atom is -0.326 e. The van der Waals surface area contributed by atoms with Crippen molar-refractivity contribution in [2.45, 2.75) is 27.2 Å². The summed E-state index contributed by atoms with van der Waals surface area (Å²) in [6.45, 7) is 5.54. The number of carbonyl (C=O) groups is 1. The molecule has 0 saturated carbocycles. The number of rotatable bonds is 7. The Morgan fingerprint density at radius 2 is 1.72 bits per heavy atom. The van der Waals surface area contributed by atoms with Gasteiger partial charge in [-0.25, -0.2) is 8.42 Å². The maximum absolute atomic E-state index is 12.4. The Kier molecular flexibility index (Phi) is 6.20. The van der Waals surface area contributed by atoms with Gasteiger partial charge in [-0.15, -0.1) is 0 Å². The van der Waals surface area contributed by atoms with Crippen LogP contribution in [0, 0.1) is 12.8 Å². The first-order chi connectivity index (χ1) is 11.8. The van der Waals surface area contributed by atoms with Gasteiger partial charge >= 0.3 is 0 Å². The summed E-state index contributed by atoms with van der Waals surface area (Å²) in [4.78, 5) is 12.4. The number of para-hydroxylation sites is 1. The van der Waals surface area contributed by atoms with E-state index in [1.165, 1.54) is 0 Å². The molecule has 134 valence electrons. The van der Waals surface area contributed by atoms with Crippen LogP contribution in [0.3, 0.4) is 0 Å². The number of carbonyl (C=O) groups excluding carboxylic acids is 1. The summed E-state index contributed by atoms with van der Waals surface area (Å²) in [6, 6.07) is 14.6. The van der Waals surface area contributed by atoms with Gasteiger partial charge in [-0.3, -0.25) is 9.52 Å². The van der Waals surface area contributed by atoms with Crippen LogP contribution < -0.4 is 10.0 Å². The Balaban J connectivity index is 2.00. The molecule has 0 aliphatic carbocycles. The number of amides is 1. The van der Waals surface area contributed by atoms with Crippen molar-refractivity contribution in [3.63, 3.8) is 0 Å². The molecule has 25 heavy (non-hydrogen) atoms. The van der Waals surface area contributed by atoms with Gasteiger partial charge in [-0.2, -0.15) is 0 Å². The molecule has 0 spiro atoms. The van der Waals surface area contributed by atoms with Crippen molar-refractivity contribution in [3.8, 4) is 0 Å². The summed E-state index contributed by atoms with van der Waals surface area (Å²) < 4.78 is 27.1. The lowest BCUT2D eigenvalue weighted by molar-refractivity contribution is -0.118. The fourth-order valence-electron chi connectivity index (χ4n) is 2.45. The summed E-state index contributed by atoms with van der Waals surface area (Å²) >= 11 is 0. The number of benzene rings is 2. The molecule has 0 heterocycles. The van der Waals surface area contributed by atoms with Crippen LogP contribution >= 0.6 is 0 Å². The fourth-order valence-corrected chi connectivity index (χ4v) is 3.84. The van der Waals surface area contributed by atoms with E-state index in [0.29, 0.717) is 5.69 Å². The molecule has 2 aromatic carbocycles. The SMILES string of the molecule is CCc1ccccc1NC(=O)C(C)CS(=O)(=O)Nc1ccc(C)cc1. The minimum absolute atomic E-state index is 0.277. The standard InChI is InChI=1S/C19H24N2O3S/c1-4-16-7-5-6-8-18(16)20-19(22)15(3)13-25(23,24)21-17-11-9-14(2)10-12-17/h5-12,15,21H,4,13H2,1-3H3,(H,20,22). The van der Waals surface area contributed by atoms with E-state index in [1.807, 2.05) is 50.2 Å². The zero-order valence-electron chi connectivity index (χ0n) is 14.7. The topological polar surface area (TPSA) is 75.3 Å². The molecule has 2 aromatic rings. The average molecular weight is 360 g/mol. The van der Waals surface area contributed by atoms with Gasteiger partial charge < -0.3 is 5.32 Å². The first-order valence-corrected chi connectivity index (χ1v) is 9.92. The zero-order valence-corrected chi connectivity index (χ0v) is 15.6. The lowest BCUT2D eigenvalue weighted by Gasteiger charge is -2.15. The van der Waals surface area contributed by atoms with E-state index in [2.05, 4.69) is 10.0 Å². The van der Waals surface area contributed by atoms with E-state index in [1.54, 1.807) is 19.1 Å². The largest absolute Gasteiger partial charge is 0.326 e. The number of nitrogens with one attached hydrogen (secondary N) is 2. The van der Waals surface area contributed by atoms with Gasteiger partial charge in [0.25, 0.3) is 0 Å². The average Bonchev–Trinajstić information content (AvgIpc) is 2.56. The molecule has 0 saturated heterocycles. The monoisotopic (exact) mass is 360 g/mol. The molecule has 5 nitrogen and oxygen atoms in total. The second-order valence-corrected chi connectivity index (χ2v) is 7.92. The molecule has 2 rings (SSSR count). The molecule has 0 aliphatic rings. The fraction of sp³-hybridized carbons (Fsp3) is 0.316. The number of aryl methyl sites for hydroxylation is 2. The second kappa shape index (κ2) is 8.16. The smallest absolute Gasteiger partial charge is 0.233 e. The number of sulfonamides is 1. The van der Waals surface area contributed by atoms with Crippen LogP contribution in [-0.4, -0.2) is 20.1 Å². The van der Waals surface area contributed by atoms with Crippen LogP contribution in [0.25, 0.3) is 0 Å². The van der Waals surface area contributed by atoms with E-state index >= 15 is 0 Å². The molecule has 2 N–H and O–H groups in total. The molecule has 1 unspecified atom stereocenters. The molecule has 0 aromatic heterocycles. The first-order valence-electron chi connectivity index (χ1n) is 8.26. The maximum Gasteiger partial charge on any atom is 0.233 e. The van der Waals surface area contributed by atoms with Crippen LogP contribution in [0.1, 0.15) is 25.0 Å². The normalized spacial score (nSPS) is 12.4. The summed E-state index contributed by atoms with van der Waals surface area (Å²) in [6.07, 6.45) is 0.790. The Labute approximate surface area is 149 Å². The zero-order chi connectivity index (χ0) is 18.4. The van der Waals surface area contributed by atoms with Gasteiger partial charge in [-0.1, -0.05) is 49.7 Å². The molecule has 0 bridgehead atoms. The highest BCUT2D eigenvalue weighted by Gasteiger charge is 2.22. The lowest BCUT2D eigenvalue weighted by atomic mass is 10.1. The first kappa shape index (κ1) is 19.0. The Morgan fingerprint density at radius 1 is 1.08 bits per heavy atom. The van der Waals surface area contributed by atoms with Crippen molar-refractivity contribution in [1.82, 2.24) is 0 Å². The van der Waals surface area contributed by atoms with Crippen molar-refractivity contribution >= 4 is 27.3 Å². The highest BCUT2D eigenvalue weighted by Crippen LogP contribution is 2.17.